The maximum atomic E-state index is 13.5. The van der Waals surface area contributed by atoms with E-state index >= 15 is 0 Å². The summed E-state index contributed by atoms with van der Waals surface area (Å²) in [5.41, 5.74) is 3.35. The molecule has 0 saturated carbocycles. The molecule has 0 spiro atoms. The first-order valence-electron chi connectivity index (χ1n) is 10.2. The third-order valence-electron chi connectivity index (χ3n) is 5.04. The zero-order valence-corrected chi connectivity index (χ0v) is 18.7. The fraction of sp³-hybridized carbons (Fsp3) is 0.160. The van der Waals surface area contributed by atoms with Crippen LogP contribution in [0.15, 0.2) is 77.8 Å². The molecule has 0 aliphatic heterocycles. The number of aryl methyl sites for hydroxylation is 2. The lowest BCUT2D eigenvalue weighted by molar-refractivity contribution is -0.145. The van der Waals surface area contributed by atoms with Gasteiger partial charge in [-0.25, -0.2) is 9.97 Å². The van der Waals surface area contributed by atoms with E-state index in [0.717, 1.165) is 22.9 Å². The monoisotopic (exact) mass is 467 g/mol. The Morgan fingerprint density at radius 1 is 0.939 bits per heavy atom. The molecule has 0 aliphatic carbocycles. The summed E-state index contributed by atoms with van der Waals surface area (Å²) >= 11 is 0.976. The number of hydrogen-bond acceptors (Lipinski definition) is 4. The molecule has 33 heavy (non-hydrogen) atoms. The number of aromatic nitrogens is 2. The summed E-state index contributed by atoms with van der Waals surface area (Å²) in [7, 11) is 0. The predicted molar refractivity (Wildman–Crippen MR) is 124 cm³/mol. The van der Waals surface area contributed by atoms with Crippen LogP contribution in [0, 0.1) is 13.8 Å². The third-order valence-corrected chi connectivity index (χ3v) is 6.30. The summed E-state index contributed by atoms with van der Waals surface area (Å²) in [5.74, 6) is -1.58. The molecule has 1 aromatic heterocycles. The summed E-state index contributed by atoms with van der Waals surface area (Å²) in [6.07, 6.45) is -4.71. The average Bonchev–Trinajstić information content (AvgIpc) is 2.79. The van der Waals surface area contributed by atoms with E-state index in [0.29, 0.717) is 16.6 Å². The van der Waals surface area contributed by atoms with E-state index in [1.54, 1.807) is 42.5 Å². The van der Waals surface area contributed by atoms with Crippen molar-refractivity contribution in [3.63, 3.8) is 0 Å². The highest BCUT2D eigenvalue weighted by molar-refractivity contribution is 8.00. The van der Waals surface area contributed by atoms with Crippen molar-refractivity contribution in [3.05, 3.63) is 95.3 Å². The number of para-hydroxylation sites is 1. The van der Waals surface area contributed by atoms with Crippen molar-refractivity contribution in [2.45, 2.75) is 30.3 Å². The Hall–Kier alpha value is -3.39. The second-order valence-corrected chi connectivity index (χ2v) is 8.68. The van der Waals surface area contributed by atoms with Gasteiger partial charge < -0.3 is 5.32 Å². The molecule has 0 saturated heterocycles. The van der Waals surface area contributed by atoms with E-state index < -0.39 is 17.3 Å². The van der Waals surface area contributed by atoms with Gasteiger partial charge in [-0.05, 0) is 42.7 Å². The molecule has 0 bridgehead atoms. The van der Waals surface area contributed by atoms with Crippen LogP contribution < -0.4 is 5.32 Å². The van der Waals surface area contributed by atoms with E-state index in [9.17, 15) is 18.0 Å². The number of alkyl halides is 3. The number of nitrogens with zero attached hydrogens (tertiary/aromatic N) is 2. The molecular formula is C25H20F3N3OS. The number of benzene rings is 3. The number of rotatable bonds is 5. The highest BCUT2D eigenvalue weighted by Gasteiger charge is 2.36. The largest absolute Gasteiger partial charge is 0.451 e. The average molecular weight is 468 g/mol. The van der Waals surface area contributed by atoms with Gasteiger partial charge in [0.05, 0.1) is 5.52 Å². The van der Waals surface area contributed by atoms with Crippen LogP contribution in [0.25, 0.3) is 10.9 Å². The predicted octanol–water partition coefficient (Wildman–Crippen LogP) is 6.74. The van der Waals surface area contributed by atoms with E-state index in [4.69, 9.17) is 0 Å². The first-order chi connectivity index (χ1) is 15.7. The minimum Gasteiger partial charge on any atom is -0.325 e. The van der Waals surface area contributed by atoms with Crippen molar-refractivity contribution in [2.24, 2.45) is 0 Å². The fourth-order valence-corrected chi connectivity index (χ4v) is 4.47. The van der Waals surface area contributed by atoms with Gasteiger partial charge in [0.15, 0.2) is 0 Å². The summed E-state index contributed by atoms with van der Waals surface area (Å²) in [5, 5.41) is 2.66. The maximum Gasteiger partial charge on any atom is 0.451 e. The van der Waals surface area contributed by atoms with Gasteiger partial charge in [0.25, 0.3) is 0 Å². The van der Waals surface area contributed by atoms with Gasteiger partial charge in [-0.3, -0.25) is 4.79 Å². The summed E-state index contributed by atoms with van der Waals surface area (Å²) < 4.78 is 40.4. The Morgan fingerprint density at radius 3 is 2.36 bits per heavy atom. The van der Waals surface area contributed by atoms with E-state index in [1.807, 2.05) is 38.1 Å². The first kappa shape index (κ1) is 22.8. The number of thioether (sulfide) groups is 1. The normalized spacial score (nSPS) is 12.5. The minimum atomic E-state index is -4.71. The Kier molecular flexibility index (Phi) is 6.37. The smallest absolute Gasteiger partial charge is 0.325 e. The quantitative estimate of drug-likeness (QED) is 0.261. The molecule has 4 rings (SSSR count). The van der Waals surface area contributed by atoms with E-state index in [-0.39, 0.29) is 16.4 Å². The van der Waals surface area contributed by atoms with Gasteiger partial charge in [-0.1, -0.05) is 72.4 Å². The van der Waals surface area contributed by atoms with Gasteiger partial charge in [0.1, 0.15) is 10.3 Å². The Morgan fingerprint density at radius 2 is 1.64 bits per heavy atom. The lowest BCUT2D eigenvalue weighted by atomic mass is 10.1. The summed E-state index contributed by atoms with van der Waals surface area (Å²) in [4.78, 5) is 20.9. The zero-order chi connectivity index (χ0) is 23.6. The number of nitrogens with one attached hydrogen (secondary N) is 1. The van der Waals surface area contributed by atoms with Crippen LogP contribution in [0.3, 0.4) is 0 Å². The van der Waals surface area contributed by atoms with Crippen LogP contribution >= 0.6 is 11.8 Å². The highest BCUT2D eigenvalue weighted by atomic mass is 32.2. The molecule has 0 radical (unpaired) electrons. The summed E-state index contributed by atoms with van der Waals surface area (Å²) in [6.45, 7) is 3.80. The van der Waals surface area contributed by atoms with Crippen LogP contribution in [-0.2, 0) is 11.0 Å². The van der Waals surface area contributed by atoms with Gasteiger partial charge >= 0.3 is 6.18 Å². The molecule has 4 aromatic rings. The molecular weight excluding hydrogens is 447 g/mol. The first-order valence-corrected chi connectivity index (χ1v) is 11.0. The second kappa shape index (κ2) is 9.23. The minimum absolute atomic E-state index is 0.0953. The molecule has 1 N–H and O–H groups in total. The van der Waals surface area contributed by atoms with E-state index in [2.05, 4.69) is 15.3 Å². The molecule has 1 heterocycles. The number of fused-ring (bicyclic) bond motifs is 1. The van der Waals surface area contributed by atoms with Crippen LogP contribution in [0.5, 0.6) is 0 Å². The zero-order valence-electron chi connectivity index (χ0n) is 17.9. The molecule has 1 amide bonds. The topological polar surface area (TPSA) is 54.9 Å². The third kappa shape index (κ3) is 5.17. The Bertz CT molecular complexity index is 1310. The lowest BCUT2D eigenvalue weighted by Gasteiger charge is -2.19. The SMILES string of the molecule is Cc1ccc(C)c(NC(=O)C(Sc2nc(C(F)(F)F)nc3ccccc23)c2ccccc2)c1. The molecule has 1 unspecified atom stereocenters. The molecule has 8 heteroatoms. The molecule has 4 nitrogen and oxygen atoms in total. The molecule has 1 atom stereocenters. The van der Waals surface area contributed by atoms with Crippen LogP contribution in [0.1, 0.15) is 27.8 Å². The standard InChI is InChI=1S/C25H20F3N3OS/c1-15-12-13-16(2)20(14-15)29-22(32)21(17-8-4-3-5-9-17)33-23-18-10-6-7-11-19(18)30-24(31-23)25(26,27)28/h3-14,21H,1-2H3,(H,29,32). The number of carbonyl (C=O) groups is 1. The van der Waals surface area contributed by atoms with Gasteiger partial charge in [-0.15, -0.1) is 0 Å². The van der Waals surface area contributed by atoms with Crippen molar-refractivity contribution in [1.29, 1.82) is 0 Å². The second-order valence-electron chi connectivity index (χ2n) is 7.58. The van der Waals surface area contributed by atoms with Crippen LogP contribution in [0.4, 0.5) is 18.9 Å². The van der Waals surface area contributed by atoms with Crippen LogP contribution in [0.2, 0.25) is 0 Å². The van der Waals surface area contributed by atoms with Crippen molar-refractivity contribution in [3.8, 4) is 0 Å². The summed E-state index contributed by atoms with van der Waals surface area (Å²) in [6, 6.07) is 21.1. The van der Waals surface area contributed by atoms with E-state index in [1.165, 1.54) is 6.07 Å². The fourth-order valence-electron chi connectivity index (χ4n) is 3.35. The van der Waals surface area contributed by atoms with Gasteiger partial charge in [0, 0.05) is 11.1 Å². The number of halogens is 3. The molecule has 3 aromatic carbocycles. The Balaban J connectivity index is 1.78. The van der Waals surface area contributed by atoms with Gasteiger partial charge in [-0.2, -0.15) is 13.2 Å². The maximum absolute atomic E-state index is 13.5. The van der Waals surface area contributed by atoms with Crippen molar-refractivity contribution in [2.75, 3.05) is 5.32 Å². The molecule has 0 fully saturated rings. The molecule has 168 valence electrons. The van der Waals surface area contributed by atoms with Crippen LogP contribution in [-0.4, -0.2) is 15.9 Å². The number of amides is 1. The number of anilines is 1. The van der Waals surface area contributed by atoms with Crippen molar-refractivity contribution >= 4 is 34.3 Å². The Labute approximate surface area is 193 Å². The highest BCUT2D eigenvalue weighted by Crippen LogP contribution is 2.40. The van der Waals surface area contributed by atoms with Crippen molar-refractivity contribution in [1.82, 2.24) is 9.97 Å². The van der Waals surface area contributed by atoms with Gasteiger partial charge in [0.2, 0.25) is 11.7 Å². The molecule has 0 aliphatic rings. The number of carbonyl (C=O) groups excluding carboxylic acids is 1. The van der Waals surface area contributed by atoms with Crippen molar-refractivity contribution < 1.29 is 18.0 Å². The number of hydrogen-bond donors (Lipinski definition) is 1. The lowest BCUT2D eigenvalue weighted by Crippen LogP contribution is -2.20.